The van der Waals surface area contributed by atoms with Crippen molar-refractivity contribution in [2.45, 2.75) is 0 Å². The van der Waals surface area contributed by atoms with Crippen molar-refractivity contribution >= 4 is 6.08 Å². The molecule has 0 saturated heterocycles. The molecule has 0 aliphatic carbocycles. The average Bonchev–Trinajstić information content (AvgIpc) is 1.99. The molecule has 0 N–H and O–H groups in total. The molecule has 0 spiro atoms. The van der Waals surface area contributed by atoms with E-state index in [0.29, 0.717) is 12.3 Å². The van der Waals surface area contributed by atoms with Crippen LogP contribution < -0.4 is 0 Å². The van der Waals surface area contributed by atoms with Crippen molar-refractivity contribution in [3.8, 4) is 0 Å². The number of rotatable bonds is 2. The van der Waals surface area contributed by atoms with Crippen molar-refractivity contribution < 1.29 is 13.7 Å². The topological polar surface area (TPSA) is 43.1 Å². The van der Waals surface area contributed by atoms with Crippen LogP contribution >= 0.6 is 0 Å². The highest BCUT2D eigenvalue weighted by Gasteiger charge is 1.98. The Balaban J connectivity index is 2.95. The Morgan fingerprint density at radius 3 is 2.23 bits per heavy atom. The van der Waals surface area contributed by atoms with Crippen LogP contribution in [0.1, 0.15) is 5.56 Å². The number of hydrogen-bond donors (Lipinski definition) is 0. The monoisotopic (exact) mass is 185 g/mol. The Kier molecular flexibility index (Phi) is 2.69. The Bertz CT molecular complexity index is 343. The van der Waals surface area contributed by atoms with Crippen molar-refractivity contribution in [2.75, 3.05) is 0 Å². The predicted octanol–water partition coefficient (Wildman–Crippen LogP) is 2.21. The summed E-state index contributed by atoms with van der Waals surface area (Å²) in [5.74, 6) is -1.52. The maximum absolute atomic E-state index is 12.5. The quantitative estimate of drug-likeness (QED) is 0.523. The fraction of sp³-hybridized carbons (Fsp3) is 0. The van der Waals surface area contributed by atoms with Crippen molar-refractivity contribution in [1.29, 1.82) is 0 Å². The Labute approximate surface area is 72.5 Å². The summed E-state index contributed by atoms with van der Waals surface area (Å²) in [6.45, 7) is 0. The average molecular weight is 185 g/mol. The zero-order chi connectivity index (χ0) is 9.84. The first-order valence-corrected chi connectivity index (χ1v) is 3.36. The highest BCUT2D eigenvalue weighted by Crippen LogP contribution is 2.09. The lowest BCUT2D eigenvalue weighted by atomic mass is 10.2. The van der Waals surface area contributed by atoms with Crippen LogP contribution in [-0.2, 0) is 0 Å². The molecule has 1 rings (SSSR count). The third-order valence-electron chi connectivity index (χ3n) is 1.27. The maximum atomic E-state index is 12.5. The van der Waals surface area contributed by atoms with E-state index in [0.717, 1.165) is 18.2 Å². The molecule has 13 heavy (non-hydrogen) atoms. The van der Waals surface area contributed by atoms with Gasteiger partial charge in [0.2, 0.25) is 6.20 Å². The van der Waals surface area contributed by atoms with Gasteiger partial charge in [-0.05, 0) is 17.7 Å². The summed E-state index contributed by atoms with van der Waals surface area (Å²) in [5, 5.41) is 9.87. The second-order valence-corrected chi connectivity index (χ2v) is 2.30. The van der Waals surface area contributed by atoms with E-state index < -0.39 is 16.6 Å². The number of nitrogens with zero attached hydrogens (tertiary/aromatic N) is 1. The van der Waals surface area contributed by atoms with E-state index in [1.165, 1.54) is 0 Å². The Morgan fingerprint density at radius 2 is 1.77 bits per heavy atom. The minimum atomic E-state index is -0.761. The molecule has 1 aromatic rings. The molecule has 3 nitrogen and oxygen atoms in total. The molecule has 0 saturated carbocycles. The summed E-state index contributed by atoms with van der Waals surface area (Å²) in [4.78, 5) is 9.17. The molecule has 0 heterocycles. The summed E-state index contributed by atoms with van der Waals surface area (Å²) in [6, 6.07) is 2.70. The largest absolute Gasteiger partial charge is 0.259 e. The third-order valence-corrected chi connectivity index (χ3v) is 1.27. The van der Waals surface area contributed by atoms with E-state index in [-0.39, 0.29) is 5.56 Å². The van der Waals surface area contributed by atoms with Gasteiger partial charge in [-0.25, -0.2) is 8.78 Å². The van der Waals surface area contributed by atoms with Gasteiger partial charge < -0.3 is 0 Å². The summed E-state index contributed by atoms with van der Waals surface area (Å²) in [7, 11) is 0. The highest BCUT2D eigenvalue weighted by atomic mass is 19.1. The highest BCUT2D eigenvalue weighted by molar-refractivity contribution is 5.47. The van der Waals surface area contributed by atoms with Gasteiger partial charge in [-0.3, -0.25) is 10.1 Å². The van der Waals surface area contributed by atoms with Crippen LogP contribution in [0.2, 0.25) is 0 Å². The first kappa shape index (κ1) is 9.31. The van der Waals surface area contributed by atoms with E-state index in [1.807, 2.05) is 0 Å². The van der Waals surface area contributed by atoms with E-state index in [4.69, 9.17) is 0 Å². The first-order valence-electron chi connectivity index (χ1n) is 3.36. The molecule has 68 valence electrons. The summed E-state index contributed by atoms with van der Waals surface area (Å²) < 4.78 is 25.0. The molecule has 0 aliphatic rings. The van der Waals surface area contributed by atoms with E-state index in [2.05, 4.69) is 0 Å². The Morgan fingerprint density at radius 1 is 1.23 bits per heavy atom. The van der Waals surface area contributed by atoms with Gasteiger partial charge in [0.1, 0.15) is 11.6 Å². The van der Waals surface area contributed by atoms with Crippen molar-refractivity contribution in [3.63, 3.8) is 0 Å². The standard InChI is InChI=1S/C8H5F2NO2/c9-7-3-6(1-2-11(12)13)4-8(10)5-7/h1-5H/b2-1+. The minimum absolute atomic E-state index is 0.120. The van der Waals surface area contributed by atoms with Gasteiger partial charge >= 0.3 is 0 Å². The van der Waals surface area contributed by atoms with Gasteiger partial charge in [0.05, 0.1) is 4.92 Å². The number of benzene rings is 1. The molecule has 0 aromatic heterocycles. The van der Waals surface area contributed by atoms with E-state index >= 15 is 0 Å². The first-order chi connectivity index (χ1) is 6.08. The van der Waals surface area contributed by atoms with Crippen LogP contribution in [0.3, 0.4) is 0 Å². The number of halogens is 2. The predicted molar refractivity (Wildman–Crippen MR) is 42.4 cm³/mol. The normalized spacial score (nSPS) is 10.6. The van der Waals surface area contributed by atoms with Crippen molar-refractivity contribution in [1.82, 2.24) is 0 Å². The summed E-state index contributed by atoms with van der Waals surface area (Å²) in [5.41, 5.74) is 0.120. The molecule has 1 aromatic carbocycles. The second-order valence-electron chi connectivity index (χ2n) is 2.30. The summed E-state index contributed by atoms with van der Waals surface area (Å²) in [6.07, 6.45) is 1.64. The molecular weight excluding hydrogens is 180 g/mol. The van der Waals surface area contributed by atoms with Gasteiger partial charge in [-0.1, -0.05) is 0 Å². The van der Waals surface area contributed by atoms with Crippen LogP contribution in [0.5, 0.6) is 0 Å². The molecule has 0 unspecified atom stereocenters. The maximum Gasteiger partial charge on any atom is 0.235 e. The van der Waals surface area contributed by atoms with Crippen molar-refractivity contribution in [2.24, 2.45) is 0 Å². The zero-order valence-corrected chi connectivity index (χ0v) is 6.41. The number of nitro groups is 1. The van der Waals surface area contributed by atoms with E-state index in [1.54, 1.807) is 0 Å². The van der Waals surface area contributed by atoms with Gasteiger partial charge in [-0.2, -0.15) is 0 Å². The molecule has 0 fully saturated rings. The van der Waals surface area contributed by atoms with Gasteiger partial charge in [0.25, 0.3) is 0 Å². The van der Waals surface area contributed by atoms with Gasteiger partial charge in [0.15, 0.2) is 0 Å². The van der Waals surface area contributed by atoms with Crippen LogP contribution in [0.15, 0.2) is 24.4 Å². The minimum Gasteiger partial charge on any atom is -0.259 e. The van der Waals surface area contributed by atoms with Crippen LogP contribution in [0, 0.1) is 21.7 Å². The fourth-order valence-corrected chi connectivity index (χ4v) is 0.818. The molecule has 0 bridgehead atoms. The van der Waals surface area contributed by atoms with E-state index in [9.17, 15) is 18.9 Å². The SMILES string of the molecule is O=[N+]([O-])/C=C/c1cc(F)cc(F)c1. The van der Waals surface area contributed by atoms with Crippen LogP contribution in [0.25, 0.3) is 6.08 Å². The lowest BCUT2D eigenvalue weighted by Gasteiger charge is -1.93. The van der Waals surface area contributed by atoms with Gasteiger partial charge in [0, 0.05) is 12.1 Å². The molecule has 0 aliphatic heterocycles. The second kappa shape index (κ2) is 3.75. The third kappa shape index (κ3) is 2.98. The zero-order valence-electron chi connectivity index (χ0n) is 6.41. The van der Waals surface area contributed by atoms with Crippen molar-refractivity contribution in [3.05, 3.63) is 51.7 Å². The smallest absolute Gasteiger partial charge is 0.235 e. The molecule has 5 heteroatoms. The van der Waals surface area contributed by atoms with Crippen LogP contribution in [-0.4, -0.2) is 4.92 Å². The lowest BCUT2D eigenvalue weighted by molar-refractivity contribution is -0.400. The molecule has 0 amide bonds. The number of hydrogen-bond acceptors (Lipinski definition) is 2. The molecule has 0 atom stereocenters. The Hall–Kier alpha value is -1.78. The fourth-order valence-electron chi connectivity index (χ4n) is 0.818. The molecular formula is C8H5F2NO2. The summed E-state index contributed by atoms with van der Waals surface area (Å²) >= 11 is 0. The lowest BCUT2D eigenvalue weighted by Crippen LogP contribution is -1.85. The van der Waals surface area contributed by atoms with Gasteiger partial charge in [-0.15, -0.1) is 0 Å². The molecule has 0 radical (unpaired) electrons. The van der Waals surface area contributed by atoms with Crippen LogP contribution in [0.4, 0.5) is 8.78 Å².